The molecule has 2 aromatic carbocycles. The summed E-state index contributed by atoms with van der Waals surface area (Å²) >= 11 is 17.4. The van der Waals surface area contributed by atoms with E-state index in [1.165, 1.54) is 18.2 Å². The standard InChI is InChI=1S/C20H12Cl3F6N3O2/c21-11-2-1-8(3-14(11)30-31-17(33)10-6-19(10,25)26)15-7-18(34-32-15,20(27,28)29)9-4-12(22)16(24)13(23)5-9/h1-5,10,30H,6-7H2,(H,31,33)/t10-,18+/m0/s1. The van der Waals surface area contributed by atoms with E-state index in [-0.39, 0.29) is 22.0 Å². The second kappa shape index (κ2) is 8.39. The monoisotopic (exact) mass is 545 g/mol. The molecule has 182 valence electrons. The van der Waals surface area contributed by atoms with Crippen LogP contribution in [-0.2, 0) is 15.2 Å². The molecule has 0 saturated heterocycles. The number of amides is 1. The van der Waals surface area contributed by atoms with Gasteiger partial charge in [0.15, 0.2) is 5.82 Å². The molecule has 34 heavy (non-hydrogen) atoms. The highest BCUT2D eigenvalue weighted by Gasteiger charge is 2.63. The van der Waals surface area contributed by atoms with Crippen LogP contribution in [0.5, 0.6) is 0 Å². The first kappa shape index (κ1) is 24.7. The number of carbonyl (C=O) groups is 1. The highest BCUT2D eigenvalue weighted by molar-refractivity contribution is 6.35. The molecule has 0 bridgehead atoms. The number of nitrogens with one attached hydrogen (secondary N) is 2. The number of hydrogen-bond acceptors (Lipinski definition) is 4. The summed E-state index contributed by atoms with van der Waals surface area (Å²) < 4.78 is 82.2. The normalized spacial score (nSPS) is 23.2. The highest BCUT2D eigenvalue weighted by atomic mass is 35.5. The van der Waals surface area contributed by atoms with Gasteiger partial charge in [-0.2, -0.15) is 13.2 Å². The molecule has 1 aliphatic heterocycles. The maximum absolute atomic E-state index is 14.1. The molecule has 1 fully saturated rings. The fourth-order valence-corrected chi connectivity index (χ4v) is 4.01. The summed E-state index contributed by atoms with van der Waals surface area (Å²) in [6.07, 6.45) is -6.41. The Morgan fingerprint density at radius 2 is 1.71 bits per heavy atom. The van der Waals surface area contributed by atoms with Crippen molar-refractivity contribution in [2.24, 2.45) is 11.1 Å². The Morgan fingerprint density at radius 3 is 2.26 bits per heavy atom. The molecular formula is C20H12Cl3F6N3O2. The number of rotatable bonds is 5. The number of nitrogens with zero attached hydrogens (tertiary/aromatic N) is 1. The fraction of sp³-hybridized carbons (Fsp3) is 0.300. The van der Waals surface area contributed by atoms with Crippen LogP contribution in [-0.4, -0.2) is 23.7 Å². The summed E-state index contributed by atoms with van der Waals surface area (Å²) in [5.74, 6) is -6.60. The van der Waals surface area contributed by atoms with Crippen LogP contribution in [0.1, 0.15) is 24.0 Å². The van der Waals surface area contributed by atoms with Crippen LogP contribution in [0.25, 0.3) is 0 Å². The third kappa shape index (κ3) is 4.36. The Morgan fingerprint density at radius 1 is 1.09 bits per heavy atom. The van der Waals surface area contributed by atoms with Gasteiger partial charge >= 0.3 is 6.18 Å². The summed E-state index contributed by atoms with van der Waals surface area (Å²) in [5, 5.41) is 2.36. The van der Waals surface area contributed by atoms with E-state index in [0.29, 0.717) is 0 Å². The third-order valence-corrected chi connectivity index (χ3v) is 6.28. The lowest BCUT2D eigenvalue weighted by Gasteiger charge is -2.29. The van der Waals surface area contributed by atoms with E-state index in [1.807, 2.05) is 0 Å². The number of oxime groups is 1. The van der Waals surface area contributed by atoms with Crippen LogP contribution >= 0.6 is 34.8 Å². The molecule has 2 aliphatic rings. The van der Waals surface area contributed by atoms with E-state index < -0.39 is 63.8 Å². The number of anilines is 1. The fourth-order valence-electron chi connectivity index (χ4n) is 3.36. The van der Waals surface area contributed by atoms with E-state index in [0.717, 1.165) is 12.1 Å². The summed E-state index contributed by atoms with van der Waals surface area (Å²) in [6.45, 7) is 0. The Labute approximate surface area is 202 Å². The molecule has 5 nitrogen and oxygen atoms in total. The smallest absolute Gasteiger partial charge is 0.374 e. The molecular weight excluding hydrogens is 535 g/mol. The van der Waals surface area contributed by atoms with Crippen LogP contribution < -0.4 is 10.9 Å². The van der Waals surface area contributed by atoms with Gasteiger partial charge in [0.25, 0.3) is 11.5 Å². The predicted octanol–water partition coefficient (Wildman–Crippen LogP) is 6.47. The van der Waals surface area contributed by atoms with Gasteiger partial charge in [0.05, 0.1) is 26.5 Å². The number of benzene rings is 2. The van der Waals surface area contributed by atoms with Crippen molar-refractivity contribution < 1.29 is 36.0 Å². The first-order valence-corrected chi connectivity index (χ1v) is 10.6. The molecule has 0 unspecified atom stereocenters. The number of hydrazine groups is 1. The van der Waals surface area contributed by atoms with E-state index in [1.54, 1.807) is 0 Å². The lowest BCUT2D eigenvalue weighted by Crippen LogP contribution is -2.42. The molecule has 4 rings (SSSR count). The minimum atomic E-state index is -5.00. The SMILES string of the molecule is O=C(NNc1cc(C2=NO[C@](c3cc(Cl)c(F)c(Cl)c3)(C(F)(F)F)C2)ccc1Cl)[C@@H]1CC1(F)F. The van der Waals surface area contributed by atoms with E-state index in [9.17, 15) is 31.1 Å². The van der Waals surface area contributed by atoms with Gasteiger partial charge in [-0.3, -0.25) is 15.6 Å². The Bertz CT molecular complexity index is 1180. The summed E-state index contributed by atoms with van der Waals surface area (Å²) in [7, 11) is 0. The molecule has 0 aromatic heterocycles. The molecule has 14 heteroatoms. The first-order chi connectivity index (χ1) is 15.7. The number of hydrogen-bond donors (Lipinski definition) is 2. The Kier molecular flexibility index (Phi) is 6.10. The Balaban J connectivity index is 1.59. The Hall–Kier alpha value is -2.37. The van der Waals surface area contributed by atoms with Gasteiger partial charge in [0, 0.05) is 24.0 Å². The predicted molar refractivity (Wildman–Crippen MR) is 113 cm³/mol. The topological polar surface area (TPSA) is 62.7 Å². The van der Waals surface area contributed by atoms with Crippen LogP contribution in [0.3, 0.4) is 0 Å². The van der Waals surface area contributed by atoms with Crippen molar-refractivity contribution in [3.63, 3.8) is 0 Å². The van der Waals surface area contributed by atoms with Crippen molar-refractivity contribution in [1.82, 2.24) is 5.43 Å². The van der Waals surface area contributed by atoms with E-state index in [4.69, 9.17) is 39.6 Å². The second-order valence-corrected chi connectivity index (χ2v) is 8.93. The minimum absolute atomic E-state index is 0.0246. The minimum Gasteiger partial charge on any atom is -0.374 e. The molecule has 0 spiro atoms. The average molecular weight is 547 g/mol. The molecule has 1 saturated carbocycles. The number of alkyl halides is 5. The zero-order valence-corrected chi connectivity index (χ0v) is 18.8. The third-order valence-electron chi connectivity index (χ3n) is 5.40. The second-order valence-electron chi connectivity index (χ2n) is 7.71. The van der Waals surface area contributed by atoms with Crippen LogP contribution in [0.15, 0.2) is 35.5 Å². The van der Waals surface area contributed by atoms with Crippen LogP contribution in [0.4, 0.5) is 32.0 Å². The maximum atomic E-state index is 14.1. The molecule has 0 radical (unpaired) electrons. The van der Waals surface area contributed by atoms with Crippen molar-refractivity contribution >= 4 is 52.1 Å². The van der Waals surface area contributed by atoms with Gasteiger partial charge in [-0.05, 0) is 24.3 Å². The van der Waals surface area contributed by atoms with Gasteiger partial charge in [-0.1, -0.05) is 46.0 Å². The van der Waals surface area contributed by atoms with Crippen molar-refractivity contribution in [3.8, 4) is 0 Å². The van der Waals surface area contributed by atoms with Gasteiger partial charge in [-0.15, -0.1) is 0 Å². The van der Waals surface area contributed by atoms with Crippen molar-refractivity contribution in [1.29, 1.82) is 0 Å². The van der Waals surface area contributed by atoms with Crippen molar-refractivity contribution in [3.05, 3.63) is 62.3 Å². The van der Waals surface area contributed by atoms with Gasteiger partial charge in [0.2, 0.25) is 5.91 Å². The molecule has 1 aliphatic carbocycles. The van der Waals surface area contributed by atoms with E-state index in [2.05, 4.69) is 16.0 Å². The van der Waals surface area contributed by atoms with Gasteiger partial charge in [0.1, 0.15) is 5.92 Å². The highest BCUT2D eigenvalue weighted by Crippen LogP contribution is 2.50. The van der Waals surface area contributed by atoms with Crippen LogP contribution in [0.2, 0.25) is 15.1 Å². The summed E-state index contributed by atoms with van der Waals surface area (Å²) in [6, 6.07) is 5.43. The molecule has 2 atom stereocenters. The van der Waals surface area contributed by atoms with Gasteiger partial charge < -0.3 is 4.84 Å². The number of halogens is 9. The summed E-state index contributed by atoms with van der Waals surface area (Å²) in [5.41, 5.74) is 0.911. The zero-order chi connectivity index (χ0) is 25.1. The zero-order valence-electron chi connectivity index (χ0n) is 16.5. The van der Waals surface area contributed by atoms with Crippen molar-refractivity contribution in [2.75, 3.05) is 5.43 Å². The molecule has 1 heterocycles. The quantitative estimate of drug-likeness (QED) is 0.257. The molecule has 2 aromatic rings. The maximum Gasteiger partial charge on any atom is 0.435 e. The van der Waals surface area contributed by atoms with E-state index >= 15 is 0 Å². The lowest BCUT2D eigenvalue weighted by atomic mass is 9.86. The number of carbonyl (C=O) groups excluding carboxylic acids is 1. The van der Waals surface area contributed by atoms with Gasteiger partial charge in [-0.25, -0.2) is 13.2 Å². The largest absolute Gasteiger partial charge is 0.435 e. The first-order valence-electron chi connectivity index (χ1n) is 9.45. The average Bonchev–Trinajstić information content (AvgIpc) is 3.17. The molecule has 2 N–H and O–H groups in total. The van der Waals surface area contributed by atoms with Crippen molar-refractivity contribution in [2.45, 2.75) is 30.5 Å². The summed E-state index contributed by atoms with van der Waals surface area (Å²) in [4.78, 5) is 16.6. The van der Waals surface area contributed by atoms with Crippen LogP contribution in [0, 0.1) is 11.7 Å². The lowest BCUT2D eigenvalue weighted by molar-refractivity contribution is -0.275. The molecule has 1 amide bonds.